The molecular formula is C56H55FGeIrN4O2-2. The van der Waals surface area contributed by atoms with Crippen LogP contribution in [0.25, 0.3) is 83.4 Å². The average molecular weight is 1100 g/mol. The van der Waals surface area contributed by atoms with Gasteiger partial charge in [0, 0.05) is 53.7 Å². The second kappa shape index (κ2) is 18.1. The molecule has 0 aliphatic carbocycles. The first kappa shape index (κ1) is 42.2. The molecule has 5 heterocycles. The smallest absolute Gasteiger partial charge is 0 e. The molecule has 0 aliphatic rings. The van der Waals surface area contributed by atoms with Gasteiger partial charge < -0.3 is 13.4 Å². The van der Waals surface area contributed by atoms with Crippen LogP contribution in [-0.2, 0) is 26.5 Å². The Bertz CT molecular complexity index is 3510. The van der Waals surface area contributed by atoms with Crippen LogP contribution < -0.4 is 4.40 Å². The maximum atomic E-state index is 14.5. The van der Waals surface area contributed by atoms with Gasteiger partial charge in [0.05, 0.1) is 22.4 Å². The number of imidazole rings is 1. The fraction of sp³-hybridized carbons (Fsp3) is 0.268. The molecule has 0 unspecified atom stereocenters. The van der Waals surface area contributed by atoms with Crippen LogP contribution in [0.4, 0.5) is 4.39 Å². The number of benzene rings is 5. The molecule has 0 spiro atoms. The third kappa shape index (κ3) is 8.85. The molecule has 0 aliphatic heterocycles. The van der Waals surface area contributed by atoms with E-state index in [0.29, 0.717) is 29.2 Å². The average Bonchev–Trinajstić information content (AvgIpc) is 3.97. The van der Waals surface area contributed by atoms with Gasteiger partial charge in [0.15, 0.2) is 0 Å². The number of rotatable bonds is 8. The fourth-order valence-corrected chi connectivity index (χ4v) is 12.0. The van der Waals surface area contributed by atoms with Crippen molar-refractivity contribution in [3.8, 4) is 28.3 Å². The van der Waals surface area contributed by atoms with Crippen molar-refractivity contribution in [2.24, 2.45) is 5.92 Å². The quantitative estimate of drug-likeness (QED) is 0.112. The van der Waals surface area contributed by atoms with Gasteiger partial charge in [-0.3, -0.25) is 4.98 Å². The number of furan rings is 2. The molecule has 6 nitrogen and oxygen atoms in total. The summed E-state index contributed by atoms with van der Waals surface area (Å²) in [5, 5.41) is 4.28. The second-order valence-electron chi connectivity index (χ2n) is 19.0. The largest absolute Gasteiger partial charge is 0 e. The minimum atomic E-state index is -2.34. The van der Waals surface area contributed by atoms with Crippen LogP contribution in [0.1, 0.15) is 85.4 Å². The molecule has 0 N–H and O–H groups in total. The van der Waals surface area contributed by atoms with E-state index >= 15 is 0 Å². The van der Waals surface area contributed by atoms with Crippen molar-refractivity contribution in [2.45, 2.75) is 90.8 Å². The first-order chi connectivity index (χ1) is 31.8. The van der Waals surface area contributed by atoms with Gasteiger partial charge in [0.2, 0.25) is 5.71 Å². The molecule has 65 heavy (non-hydrogen) atoms. The summed E-state index contributed by atoms with van der Waals surface area (Å²) in [6.07, 6.45) is 2.81. The minimum absolute atomic E-state index is 0. The van der Waals surface area contributed by atoms with Crippen LogP contribution in [0.3, 0.4) is 0 Å². The standard InChI is InChI=1S/C37H30N3O2.C19H25FGeN.Ir/c1-20(2)23-11-14-25-26-15-12-24(19-33(26)41-32(25)18-23)40-31-9-7-6-8-30(31)38-36(40)28-13-10-22(5)34-27-16-17-29(21(3)4)39-37(27)42-35(28)34;1-13(2)9-15-11-19(22-12-18(15)21(4,5)6)16-8-7-14(3)10-17(16)20;/h6-12,14-21H,1-5H3;7,10-13H,9H2,1-6H3;/q2*-1;/i;3D3;. The predicted molar refractivity (Wildman–Crippen MR) is 265 cm³/mol. The van der Waals surface area contributed by atoms with Crippen molar-refractivity contribution in [1.29, 1.82) is 0 Å². The Morgan fingerprint density at radius 2 is 1.51 bits per heavy atom. The summed E-state index contributed by atoms with van der Waals surface area (Å²) in [5.41, 5.74) is 12.1. The summed E-state index contributed by atoms with van der Waals surface area (Å²) in [5.74, 6) is 8.36. The maximum Gasteiger partial charge on any atom is 0 e. The third-order valence-corrected chi connectivity index (χ3v) is 16.3. The van der Waals surface area contributed by atoms with Crippen LogP contribution in [0.15, 0.2) is 112 Å². The Morgan fingerprint density at radius 1 is 0.785 bits per heavy atom. The van der Waals surface area contributed by atoms with Crippen LogP contribution in [0.5, 0.6) is 0 Å². The van der Waals surface area contributed by atoms with Gasteiger partial charge in [-0.1, -0.05) is 69.8 Å². The van der Waals surface area contributed by atoms with Gasteiger partial charge in [-0.25, -0.2) is 4.98 Å². The first-order valence-electron chi connectivity index (χ1n) is 23.7. The molecule has 0 amide bonds. The molecule has 0 bridgehead atoms. The number of para-hydroxylation sites is 2. The molecule has 0 atom stereocenters. The Balaban J connectivity index is 0.000000207. The number of pyridine rings is 2. The molecule has 0 saturated heterocycles. The molecule has 10 rings (SSSR count). The number of hydrogen-bond donors (Lipinski definition) is 0. The van der Waals surface area contributed by atoms with Gasteiger partial charge in [-0.15, -0.1) is 17.7 Å². The van der Waals surface area contributed by atoms with Gasteiger partial charge in [0.1, 0.15) is 11.2 Å². The van der Waals surface area contributed by atoms with E-state index in [1.54, 1.807) is 0 Å². The van der Waals surface area contributed by atoms with Crippen molar-refractivity contribution < 1.29 is 37.4 Å². The predicted octanol–water partition coefficient (Wildman–Crippen LogP) is 15.0. The summed E-state index contributed by atoms with van der Waals surface area (Å²) in [4.78, 5) is 14.5. The topological polar surface area (TPSA) is 69.9 Å². The van der Waals surface area contributed by atoms with E-state index in [1.165, 1.54) is 21.6 Å². The zero-order chi connectivity index (χ0) is 47.7. The Morgan fingerprint density at radius 3 is 2.22 bits per heavy atom. The zero-order valence-electron chi connectivity index (χ0n) is 41.6. The van der Waals surface area contributed by atoms with Crippen molar-refractivity contribution in [2.75, 3.05) is 0 Å². The molecular weight excluding hydrogens is 1040 g/mol. The van der Waals surface area contributed by atoms with Crippen molar-refractivity contribution >= 4 is 72.7 Å². The minimum Gasteiger partial charge on any atom is 0 e. The van der Waals surface area contributed by atoms with E-state index in [0.717, 1.165) is 90.1 Å². The van der Waals surface area contributed by atoms with Crippen molar-refractivity contribution in [3.05, 3.63) is 149 Å². The molecule has 333 valence electrons. The number of fused-ring (bicyclic) bond motifs is 7. The Labute approximate surface area is 401 Å². The summed E-state index contributed by atoms with van der Waals surface area (Å²) in [7, 11) is 0. The summed E-state index contributed by atoms with van der Waals surface area (Å²) >= 11 is -2.08. The maximum absolute atomic E-state index is 14.5. The van der Waals surface area contributed by atoms with Crippen molar-refractivity contribution in [1.82, 2.24) is 19.5 Å². The van der Waals surface area contributed by atoms with Crippen LogP contribution in [-0.4, -0.2) is 32.8 Å². The molecule has 9 heteroatoms. The number of hydrogen-bond acceptors (Lipinski definition) is 5. The van der Waals surface area contributed by atoms with Gasteiger partial charge >= 0.3 is 140 Å². The van der Waals surface area contributed by atoms with E-state index in [-0.39, 0.29) is 31.2 Å². The Hall–Kier alpha value is -5.41. The van der Waals surface area contributed by atoms with E-state index in [1.807, 2.05) is 36.5 Å². The zero-order valence-corrected chi connectivity index (χ0v) is 43.1. The molecule has 0 saturated carbocycles. The second-order valence-corrected chi connectivity index (χ2v) is 29.6. The Kier molecular flexibility index (Phi) is 11.8. The number of nitrogens with zero attached hydrogens (tertiary/aromatic N) is 4. The monoisotopic (exact) mass is 1100 g/mol. The van der Waals surface area contributed by atoms with Crippen molar-refractivity contribution in [3.63, 3.8) is 0 Å². The molecule has 1 radical (unpaired) electrons. The first-order valence-corrected chi connectivity index (χ1v) is 29.5. The summed E-state index contributed by atoms with van der Waals surface area (Å²) in [6.45, 7) is 12.8. The van der Waals surface area contributed by atoms with E-state index < -0.39 is 25.9 Å². The van der Waals surface area contributed by atoms with Gasteiger partial charge in [0.25, 0.3) is 0 Å². The third-order valence-electron chi connectivity index (χ3n) is 12.0. The van der Waals surface area contributed by atoms with E-state index in [9.17, 15) is 4.39 Å². The normalized spacial score (nSPS) is 12.9. The van der Waals surface area contributed by atoms with Gasteiger partial charge in [-0.2, -0.15) is 0 Å². The molecule has 5 aromatic carbocycles. The molecule has 10 aromatic rings. The number of halogens is 1. The summed E-state index contributed by atoms with van der Waals surface area (Å²) < 4.78 is 53.1. The van der Waals surface area contributed by atoms with Crippen LogP contribution >= 0.6 is 0 Å². The fourth-order valence-electron chi connectivity index (χ4n) is 8.69. The number of aryl methyl sites for hydroxylation is 2. The molecule has 0 fully saturated rings. The molecule has 5 aromatic heterocycles. The summed E-state index contributed by atoms with van der Waals surface area (Å²) in [6, 6.07) is 38.1. The van der Waals surface area contributed by atoms with E-state index in [4.69, 9.17) is 22.9 Å². The van der Waals surface area contributed by atoms with Gasteiger partial charge in [-0.05, 0) is 59.9 Å². The van der Waals surface area contributed by atoms with Crippen LogP contribution in [0, 0.1) is 37.6 Å². The number of aromatic nitrogens is 4. The SMILES string of the molecule is Cc1c[c-]c(-c2nc3ccccc3n2-c2ccc3c(c2)oc2cc(C(C)C)ccc23)c2oc3nc(C(C)C)ccc3c12.[2H]C([2H])([2H])c1c[c-]c(-c2cc(CC(C)C)[c]([Ge]([CH3])([CH3])[CH3])cn2)c(F)c1.[Ir]. The van der Waals surface area contributed by atoms with E-state index in [2.05, 4.69) is 142 Å². The van der Waals surface area contributed by atoms with Crippen LogP contribution in [0.2, 0.25) is 17.3 Å².